The number of benzene rings is 2. The first-order valence-corrected chi connectivity index (χ1v) is 10.7. The highest BCUT2D eigenvalue weighted by molar-refractivity contribution is 7.89. The molecule has 0 unspecified atom stereocenters. The van der Waals surface area contributed by atoms with Crippen molar-refractivity contribution in [3.63, 3.8) is 0 Å². The van der Waals surface area contributed by atoms with Gasteiger partial charge in [-0.3, -0.25) is 9.59 Å². The molecule has 4 N–H and O–H groups in total. The highest BCUT2D eigenvalue weighted by Crippen LogP contribution is 2.15. The molecule has 1 fully saturated rings. The van der Waals surface area contributed by atoms with Gasteiger partial charge in [-0.05, 0) is 48.7 Å². The summed E-state index contributed by atoms with van der Waals surface area (Å²) in [4.78, 5) is 23.7. The minimum atomic E-state index is -3.75. The van der Waals surface area contributed by atoms with Gasteiger partial charge in [0.25, 0.3) is 5.91 Å². The van der Waals surface area contributed by atoms with Crippen molar-refractivity contribution in [2.75, 3.05) is 13.2 Å². The van der Waals surface area contributed by atoms with Crippen LogP contribution < -0.4 is 15.8 Å². The summed E-state index contributed by atoms with van der Waals surface area (Å²) in [5.41, 5.74) is 6.53. The number of nitrogens with two attached hydrogens (primary N) is 1. The zero-order chi connectivity index (χ0) is 20.9. The van der Waals surface area contributed by atoms with E-state index in [4.69, 9.17) is 10.5 Å². The van der Waals surface area contributed by atoms with Gasteiger partial charge in [0.05, 0.1) is 11.0 Å². The first-order valence-electron chi connectivity index (χ1n) is 9.23. The van der Waals surface area contributed by atoms with E-state index in [-0.39, 0.29) is 29.7 Å². The molecule has 0 bridgehead atoms. The van der Waals surface area contributed by atoms with E-state index in [2.05, 4.69) is 10.0 Å². The molecule has 154 valence electrons. The fraction of sp³-hybridized carbons (Fsp3) is 0.300. The van der Waals surface area contributed by atoms with Crippen LogP contribution in [0.25, 0.3) is 0 Å². The Balaban J connectivity index is 1.64. The first kappa shape index (κ1) is 21.0. The zero-order valence-corrected chi connectivity index (χ0v) is 16.6. The van der Waals surface area contributed by atoms with Gasteiger partial charge in [-0.2, -0.15) is 0 Å². The molecule has 3 rings (SSSR count). The van der Waals surface area contributed by atoms with Gasteiger partial charge in [0, 0.05) is 30.8 Å². The van der Waals surface area contributed by atoms with Crippen molar-refractivity contribution in [1.29, 1.82) is 0 Å². The molecule has 1 heterocycles. The largest absolute Gasteiger partial charge is 0.377 e. The molecular formula is C20H23N3O5S. The summed E-state index contributed by atoms with van der Waals surface area (Å²) in [6, 6.07) is 12.4. The van der Waals surface area contributed by atoms with Crippen LogP contribution in [0.3, 0.4) is 0 Å². The second-order valence-corrected chi connectivity index (χ2v) is 8.53. The quantitative estimate of drug-likeness (QED) is 0.594. The molecule has 8 nitrogen and oxygen atoms in total. The number of nitrogens with one attached hydrogen (secondary N) is 2. The van der Waals surface area contributed by atoms with Crippen LogP contribution in [0.1, 0.15) is 39.1 Å². The summed E-state index contributed by atoms with van der Waals surface area (Å²) < 4.78 is 33.0. The summed E-state index contributed by atoms with van der Waals surface area (Å²) in [5.74, 6) is -0.975. The number of rotatable bonds is 8. The average molecular weight is 417 g/mol. The maximum absolute atomic E-state index is 12.5. The second kappa shape index (κ2) is 9.17. The van der Waals surface area contributed by atoms with Crippen LogP contribution >= 0.6 is 0 Å². The van der Waals surface area contributed by atoms with Gasteiger partial charge in [0.2, 0.25) is 15.9 Å². The monoisotopic (exact) mass is 417 g/mol. The molecule has 0 radical (unpaired) electrons. The van der Waals surface area contributed by atoms with Gasteiger partial charge in [-0.1, -0.05) is 18.2 Å². The summed E-state index contributed by atoms with van der Waals surface area (Å²) in [6.07, 6.45) is 1.62. The minimum Gasteiger partial charge on any atom is -0.377 e. The Labute approximate surface area is 169 Å². The fourth-order valence-corrected chi connectivity index (χ4v) is 4.13. The van der Waals surface area contributed by atoms with E-state index in [1.54, 1.807) is 24.3 Å². The average Bonchev–Trinajstić information content (AvgIpc) is 3.25. The minimum absolute atomic E-state index is 0.0128. The van der Waals surface area contributed by atoms with Crippen molar-refractivity contribution in [2.45, 2.75) is 30.4 Å². The third-order valence-corrected chi connectivity index (χ3v) is 6.02. The maximum Gasteiger partial charge on any atom is 0.251 e. The summed E-state index contributed by atoms with van der Waals surface area (Å²) in [7, 11) is -3.75. The number of hydrogen-bond donors (Lipinski definition) is 3. The molecule has 29 heavy (non-hydrogen) atoms. The van der Waals surface area contributed by atoms with Crippen LogP contribution in [-0.2, 0) is 21.3 Å². The van der Waals surface area contributed by atoms with Crippen LogP contribution in [0, 0.1) is 0 Å². The van der Waals surface area contributed by atoms with E-state index in [0.29, 0.717) is 17.7 Å². The summed E-state index contributed by atoms with van der Waals surface area (Å²) in [5, 5.41) is 2.71. The Morgan fingerprint density at radius 3 is 2.59 bits per heavy atom. The lowest BCUT2D eigenvalue weighted by Crippen LogP contribution is -2.32. The van der Waals surface area contributed by atoms with E-state index >= 15 is 0 Å². The van der Waals surface area contributed by atoms with Crippen molar-refractivity contribution >= 4 is 21.8 Å². The molecular weight excluding hydrogens is 394 g/mol. The third-order valence-electron chi connectivity index (χ3n) is 4.60. The van der Waals surface area contributed by atoms with Gasteiger partial charge in [-0.25, -0.2) is 13.1 Å². The van der Waals surface area contributed by atoms with E-state index in [1.807, 2.05) is 0 Å². The van der Waals surface area contributed by atoms with E-state index in [0.717, 1.165) is 12.8 Å². The number of carbonyl (C=O) groups excluding carboxylic acids is 2. The number of primary amides is 1. The Morgan fingerprint density at radius 1 is 1.10 bits per heavy atom. The number of carbonyl (C=O) groups is 2. The number of sulfonamides is 1. The first-order chi connectivity index (χ1) is 13.8. The van der Waals surface area contributed by atoms with Crippen molar-refractivity contribution in [3.05, 3.63) is 65.2 Å². The Hall–Kier alpha value is -2.75. The standard InChI is InChI=1S/C20H23N3O5S/c21-19(24)15-5-1-4-14(10-15)12-22-20(25)16-6-2-8-18(11-16)29(26,27)23-13-17-7-3-9-28-17/h1-2,4-6,8,10-11,17,23H,3,7,9,12-13H2,(H2,21,24)(H,22,25)/t17-/m0/s1. The van der Waals surface area contributed by atoms with Crippen LogP contribution in [-0.4, -0.2) is 39.5 Å². The molecule has 0 saturated carbocycles. The Bertz CT molecular complexity index is 1000. The molecule has 1 saturated heterocycles. The number of amides is 2. The molecule has 0 spiro atoms. The molecule has 0 aliphatic carbocycles. The van der Waals surface area contributed by atoms with Crippen molar-refractivity contribution in [3.8, 4) is 0 Å². The smallest absolute Gasteiger partial charge is 0.251 e. The van der Waals surface area contributed by atoms with Crippen LogP contribution in [0.5, 0.6) is 0 Å². The second-order valence-electron chi connectivity index (χ2n) is 6.76. The van der Waals surface area contributed by atoms with Gasteiger partial charge in [0.1, 0.15) is 0 Å². The molecule has 1 aliphatic heterocycles. The number of ether oxygens (including phenoxy) is 1. The molecule has 1 aliphatic rings. The topological polar surface area (TPSA) is 128 Å². The predicted molar refractivity (Wildman–Crippen MR) is 107 cm³/mol. The third kappa shape index (κ3) is 5.63. The van der Waals surface area contributed by atoms with E-state index in [9.17, 15) is 18.0 Å². The summed E-state index contributed by atoms with van der Waals surface area (Å²) >= 11 is 0. The lowest BCUT2D eigenvalue weighted by atomic mass is 10.1. The zero-order valence-electron chi connectivity index (χ0n) is 15.8. The molecule has 2 aromatic carbocycles. The van der Waals surface area contributed by atoms with Gasteiger partial charge < -0.3 is 15.8 Å². The molecule has 2 amide bonds. The lowest BCUT2D eigenvalue weighted by molar-refractivity contribution is 0.0950. The van der Waals surface area contributed by atoms with Crippen LogP contribution in [0.4, 0.5) is 0 Å². The van der Waals surface area contributed by atoms with Crippen LogP contribution in [0.2, 0.25) is 0 Å². The van der Waals surface area contributed by atoms with Gasteiger partial charge >= 0.3 is 0 Å². The molecule has 2 aromatic rings. The van der Waals surface area contributed by atoms with E-state index in [1.165, 1.54) is 24.3 Å². The fourth-order valence-electron chi connectivity index (χ4n) is 3.01. The SMILES string of the molecule is NC(=O)c1cccc(CNC(=O)c2cccc(S(=O)(=O)NC[C@@H]3CCCO3)c2)c1. The maximum atomic E-state index is 12.5. The van der Waals surface area contributed by atoms with Gasteiger partial charge in [0.15, 0.2) is 0 Å². The molecule has 0 aromatic heterocycles. The molecule has 1 atom stereocenters. The van der Waals surface area contributed by atoms with Crippen molar-refractivity contribution in [2.24, 2.45) is 5.73 Å². The summed E-state index contributed by atoms with van der Waals surface area (Å²) in [6.45, 7) is 1.02. The Kier molecular flexibility index (Phi) is 6.63. The number of hydrogen-bond acceptors (Lipinski definition) is 5. The Morgan fingerprint density at radius 2 is 1.86 bits per heavy atom. The predicted octanol–water partition coefficient (Wildman–Crippen LogP) is 1.17. The van der Waals surface area contributed by atoms with Crippen molar-refractivity contribution < 1.29 is 22.7 Å². The normalized spacial score (nSPS) is 16.5. The molecule has 9 heteroatoms. The lowest BCUT2D eigenvalue weighted by Gasteiger charge is -2.12. The van der Waals surface area contributed by atoms with E-state index < -0.39 is 21.8 Å². The highest BCUT2D eigenvalue weighted by Gasteiger charge is 2.21. The van der Waals surface area contributed by atoms with Gasteiger partial charge in [-0.15, -0.1) is 0 Å². The van der Waals surface area contributed by atoms with Crippen molar-refractivity contribution in [1.82, 2.24) is 10.0 Å². The highest BCUT2D eigenvalue weighted by atomic mass is 32.2. The van der Waals surface area contributed by atoms with Crippen LogP contribution in [0.15, 0.2) is 53.4 Å².